The summed E-state index contributed by atoms with van der Waals surface area (Å²) in [6, 6.07) is 10.0. The first-order valence-corrected chi connectivity index (χ1v) is 14.5. The number of benzene rings is 2. The number of aliphatic imine (C=N–C) groups is 1. The van der Waals surface area contributed by atoms with Crippen LogP contribution in [-0.4, -0.2) is 72.0 Å². The minimum absolute atomic E-state index is 0.00842. The van der Waals surface area contributed by atoms with Gasteiger partial charge in [0.1, 0.15) is 16.7 Å². The number of nitrogens with zero attached hydrogens (tertiary/aromatic N) is 4. The number of amides is 2. The fourth-order valence-corrected chi connectivity index (χ4v) is 6.14. The molecule has 2 amide bonds. The molecule has 0 bridgehead atoms. The molecule has 0 aromatic heterocycles. The second kappa shape index (κ2) is 12.6. The van der Waals surface area contributed by atoms with Crippen LogP contribution in [0, 0.1) is 10.1 Å². The summed E-state index contributed by atoms with van der Waals surface area (Å²) in [7, 11) is 0.562. The van der Waals surface area contributed by atoms with Crippen molar-refractivity contribution in [3.05, 3.63) is 52.6 Å². The van der Waals surface area contributed by atoms with Gasteiger partial charge in [-0.2, -0.15) is 0 Å². The van der Waals surface area contributed by atoms with E-state index in [1.54, 1.807) is 17.0 Å². The zero-order valence-electron chi connectivity index (χ0n) is 22.3. The molecule has 210 valence electrons. The number of anilines is 1. The number of methoxy groups -OCH3 is 1. The summed E-state index contributed by atoms with van der Waals surface area (Å²) in [6.45, 7) is 3.88. The van der Waals surface area contributed by atoms with Gasteiger partial charge in [-0.1, -0.05) is 31.7 Å². The second-order valence-corrected chi connectivity index (χ2v) is 12.2. The molecule has 0 spiro atoms. The summed E-state index contributed by atoms with van der Waals surface area (Å²) < 4.78 is 31.3. The van der Waals surface area contributed by atoms with Crippen molar-refractivity contribution in [2.45, 2.75) is 49.3 Å². The monoisotopic (exact) mass is 577 g/mol. The third kappa shape index (κ3) is 6.75. The summed E-state index contributed by atoms with van der Waals surface area (Å²) >= 11 is 1.11. The molecule has 39 heavy (non-hydrogen) atoms. The van der Waals surface area contributed by atoms with E-state index in [1.807, 2.05) is 13.8 Å². The minimum Gasteiger partial charge on any atom is -0.496 e. The molecule has 1 aliphatic rings. The number of rotatable bonds is 11. The Morgan fingerprint density at radius 3 is 2.51 bits per heavy atom. The first kappa shape index (κ1) is 30.1. The van der Waals surface area contributed by atoms with E-state index in [1.165, 1.54) is 51.5 Å². The molecule has 14 heteroatoms. The standard InChI is InChI=1S/C25H31N5O7S2/c1-6-17(7-2)29-24(32)22(15-23(31)27-20-12-11-18(37-5)14-21(20)30(33)34)38-25(29)26-16-9-8-10-19(13-16)39(35,36)28(3)4/h8-14,17,22H,6-7,15H2,1-5H3,(H,27,31)/t22-/m1/s1. The van der Waals surface area contributed by atoms with Gasteiger partial charge in [0.25, 0.3) is 5.69 Å². The zero-order valence-corrected chi connectivity index (χ0v) is 23.9. The highest BCUT2D eigenvalue weighted by molar-refractivity contribution is 8.15. The molecule has 2 aromatic carbocycles. The lowest BCUT2D eigenvalue weighted by Gasteiger charge is -2.25. The van der Waals surface area contributed by atoms with Crippen LogP contribution in [0.1, 0.15) is 33.1 Å². The van der Waals surface area contributed by atoms with Gasteiger partial charge in [0.15, 0.2) is 5.17 Å². The topological polar surface area (TPSA) is 152 Å². The van der Waals surface area contributed by atoms with Crippen LogP contribution in [0.5, 0.6) is 5.75 Å². The Bertz CT molecular complexity index is 1390. The third-order valence-electron chi connectivity index (χ3n) is 6.14. The minimum atomic E-state index is -3.69. The third-order valence-corrected chi connectivity index (χ3v) is 9.10. The predicted octanol–water partition coefficient (Wildman–Crippen LogP) is 4.00. The maximum Gasteiger partial charge on any atom is 0.296 e. The molecular formula is C25H31N5O7S2. The highest BCUT2D eigenvalue weighted by atomic mass is 32.2. The Morgan fingerprint density at radius 1 is 1.23 bits per heavy atom. The highest BCUT2D eigenvalue weighted by Gasteiger charge is 2.42. The SMILES string of the molecule is CCC(CC)N1C(=O)[C@@H](CC(=O)Nc2ccc(OC)cc2[N+](=O)[O-])SC1=Nc1cccc(S(=O)(=O)N(C)C)c1. The number of nitro groups is 1. The van der Waals surface area contributed by atoms with E-state index in [0.717, 1.165) is 16.1 Å². The van der Waals surface area contributed by atoms with Crippen molar-refractivity contribution in [3.63, 3.8) is 0 Å². The second-order valence-electron chi connectivity index (χ2n) is 8.86. The van der Waals surface area contributed by atoms with E-state index in [0.29, 0.717) is 23.7 Å². The van der Waals surface area contributed by atoms with E-state index >= 15 is 0 Å². The first-order chi connectivity index (χ1) is 18.4. The van der Waals surface area contributed by atoms with Gasteiger partial charge in [0.2, 0.25) is 21.8 Å². The van der Waals surface area contributed by atoms with Gasteiger partial charge in [-0.15, -0.1) is 0 Å². The Labute approximate surface area is 231 Å². The number of hydrogen-bond acceptors (Lipinski definition) is 9. The molecule has 0 radical (unpaired) electrons. The molecule has 12 nitrogen and oxygen atoms in total. The lowest BCUT2D eigenvalue weighted by molar-refractivity contribution is -0.384. The largest absolute Gasteiger partial charge is 0.496 e. The van der Waals surface area contributed by atoms with Crippen LogP contribution in [0.15, 0.2) is 52.4 Å². The normalized spacial score (nSPS) is 16.8. The van der Waals surface area contributed by atoms with Crippen LogP contribution < -0.4 is 10.1 Å². The van der Waals surface area contributed by atoms with Crippen molar-refractivity contribution >= 4 is 55.8 Å². The number of nitro benzene ring substituents is 1. The first-order valence-electron chi connectivity index (χ1n) is 12.2. The van der Waals surface area contributed by atoms with Crippen LogP contribution in [0.3, 0.4) is 0 Å². The summed E-state index contributed by atoms with van der Waals surface area (Å²) in [5.41, 5.74) is 0.00982. The summed E-state index contributed by atoms with van der Waals surface area (Å²) in [5.74, 6) is -0.604. The molecule has 1 saturated heterocycles. The van der Waals surface area contributed by atoms with Crippen LogP contribution in [0.4, 0.5) is 17.1 Å². The average molecular weight is 578 g/mol. The molecule has 1 heterocycles. The van der Waals surface area contributed by atoms with E-state index in [-0.39, 0.29) is 40.4 Å². The highest BCUT2D eigenvalue weighted by Crippen LogP contribution is 2.36. The molecular weight excluding hydrogens is 546 g/mol. The van der Waals surface area contributed by atoms with Crippen molar-refractivity contribution in [2.24, 2.45) is 4.99 Å². The van der Waals surface area contributed by atoms with E-state index in [2.05, 4.69) is 10.3 Å². The predicted molar refractivity (Wildman–Crippen MR) is 150 cm³/mol. The van der Waals surface area contributed by atoms with E-state index < -0.39 is 26.1 Å². The number of nitrogens with one attached hydrogen (secondary N) is 1. The smallest absolute Gasteiger partial charge is 0.296 e. The Kier molecular flexibility index (Phi) is 9.69. The molecule has 0 aliphatic carbocycles. The number of ether oxygens (including phenoxy) is 1. The molecule has 0 saturated carbocycles. The van der Waals surface area contributed by atoms with Crippen molar-refractivity contribution in [2.75, 3.05) is 26.5 Å². The van der Waals surface area contributed by atoms with Crippen molar-refractivity contribution in [1.82, 2.24) is 9.21 Å². The lowest BCUT2D eigenvalue weighted by atomic mass is 10.1. The fourth-order valence-electron chi connectivity index (χ4n) is 3.98. The Balaban J connectivity index is 1.89. The quantitative estimate of drug-likeness (QED) is 0.311. The van der Waals surface area contributed by atoms with Crippen LogP contribution in [0.25, 0.3) is 0 Å². The number of carbonyl (C=O) groups excluding carboxylic acids is 2. The molecule has 2 aromatic rings. The van der Waals surface area contributed by atoms with Crippen LogP contribution >= 0.6 is 11.8 Å². The van der Waals surface area contributed by atoms with Gasteiger partial charge in [-0.25, -0.2) is 17.7 Å². The molecule has 1 N–H and O–H groups in total. The fraction of sp³-hybridized carbons (Fsp3) is 0.400. The maximum absolute atomic E-state index is 13.4. The van der Waals surface area contributed by atoms with E-state index in [4.69, 9.17) is 4.74 Å². The molecule has 1 fully saturated rings. The van der Waals surface area contributed by atoms with Crippen molar-refractivity contribution in [3.8, 4) is 5.75 Å². The van der Waals surface area contributed by atoms with Gasteiger partial charge in [0.05, 0.1) is 28.7 Å². The zero-order chi connectivity index (χ0) is 28.9. The summed E-state index contributed by atoms with van der Waals surface area (Å²) in [5, 5.41) is 13.6. The number of hydrogen-bond donors (Lipinski definition) is 1. The van der Waals surface area contributed by atoms with Crippen LogP contribution in [0.2, 0.25) is 0 Å². The van der Waals surface area contributed by atoms with Gasteiger partial charge >= 0.3 is 0 Å². The summed E-state index contributed by atoms with van der Waals surface area (Å²) in [4.78, 5) is 43.4. The van der Waals surface area contributed by atoms with Gasteiger partial charge in [0, 0.05) is 26.6 Å². The molecule has 1 aliphatic heterocycles. The molecule has 3 rings (SSSR count). The number of amidine groups is 1. The lowest BCUT2D eigenvalue weighted by Crippen LogP contribution is -2.41. The summed E-state index contributed by atoms with van der Waals surface area (Å²) in [6.07, 6.45) is 1.05. The van der Waals surface area contributed by atoms with Crippen molar-refractivity contribution in [1.29, 1.82) is 0 Å². The van der Waals surface area contributed by atoms with Crippen LogP contribution in [-0.2, 0) is 19.6 Å². The number of thioether (sulfide) groups is 1. The van der Waals surface area contributed by atoms with Gasteiger partial charge < -0.3 is 10.1 Å². The average Bonchev–Trinajstić information content (AvgIpc) is 3.19. The maximum atomic E-state index is 13.4. The molecule has 1 atom stereocenters. The van der Waals surface area contributed by atoms with E-state index in [9.17, 15) is 28.1 Å². The number of sulfonamides is 1. The Hall–Kier alpha value is -3.49. The van der Waals surface area contributed by atoms with Gasteiger partial charge in [-0.05, 0) is 43.2 Å². The molecule has 0 unspecified atom stereocenters. The number of carbonyl (C=O) groups is 2. The Morgan fingerprint density at radius 2 is 1.92 bits per heavy atom. The van der Waals surface area contributed by atoms with Crippen molar-refractivity contribution < 1.29 is 27.7 Å². The van der Waals surface area contributed by atoms with Gasteiger partial charge in [-0.3, -0.25) is 24.6 Å².